The molecule has 2 aliphatic heterocycles. The summed E-state index contributed by atoms with van der Waals surface area (Å²) in [4.78, 5) is 78.3. The minimum absolute atomic E-state index is 0.0123. The van der Waals surface area contributed by atoms with Crippen LogP contribution in [0.15, 0.2) is 66.9 Å². The monoisotopic (exact) mass is 861 g/mol. The molecule has 2 aliphatic rings. The highest BCUT2D eigenvalue weighted by molar-refractivity contribution is 6.26. The van der Waals surface area contributed by atoms with Gasteiger partial charge in [0.15, 0.2) is 5.65 Å². The van der Waals surface area contributed by atoms with Gasteiger partial charge in [0, 0.05) is 55.3 Å². The number of anilines is 1. The largest absolute Gasteiger partial charge is 0.416 e. The third kappa shape index (κ3) is 9.22. The minimum Gasteiger partial charge on any atom is -0.377 e. The van der Waals surface area contributed by atoms with E-state index in [1.54, 1.807) is 40.7 Å². The molecule has 0 bridgehead atoms. The molecule has 0 radical (unpaired) electrons. The molecule has 0 aliphatic carbocycles. The van der Waals surface area contributed by atoms with Crippen LogP contribution in [0.3, 0.4) is 0 Å². The van der Waals surface area contributed by atoms with E-state index in [1.807, 2.05) is 0 Å². The number of hydrogen-bond acceptors (Lipinski definition) is 11. The minimum atomic E-state index is -4.46. The Labute approximate surface area is 351 Å². The smallest absolute Gasteiger partial charge is 0.377 e. The molecule has 6 amide bonds. The number of carbonyl (C=O) groups excluding carboxylic acids is 6. The quantitative estimate of drug-likeness (QED) is 0.0965. The lowest BCUT2D eigenvalue weighted by atomic mass is 10.0. The molecule has 1 unspecified atom stereocenters. The number of nitrogens with one attached hydrogen (secondary N) is 2. The number of fused-ring (bicyclic) bond motifs is 4. The molecule has 0 spiro atoms. The van der Waals surface area contributed by atoms with Crippen molar-refractivity contribution in [2.45, 2.75) is 25.1 Å². The van der Waals surface area contributed by atoms with Crippen molar-refractivity contribution in [3.05, 3.63) is 89.1 Å². The molecule has 326 valence electrons. The van der Waals surface area contributed by atoms with Gasteiger partial charge in [-0.15, -0.1) is 0 Å². The predicted octanol–water partition coefficient (Wildman–Crippen LogP) is 3.71. The van der Waals surface area contributed by atoms with Crippen LogP contribution in [0.25, 0.3) is 27.6 Å². The van der Waals surface area contributed by atoms with Crippen LogP contribution in [-0.4, -0.2) is 132 Å². The second kappa shape index (κ2) is 18.6. The van der Waals surface area contributed by atoms with Crippen LogP contribution in [-0.2, 0) is 46.6 Å². The maximum atomic E-state index is 13.3. The van der Waals surface area contributed by atoms with Crippen molar-refractivity contribution in [2.75, 3.05) is 71.8 Å². The zero-order chi connectivity index (χ0) is 44.1. The molecule has 2 N–H and O–H groups in total. The number of carbonyl (C=O) groups is 6. The van der Waals surface area contributed by atoms with Gasteiger partial charge >= 0.3 is 6.18 Å². The van der Waals surface area contributed by atoms with Crippen LogP contribution < -0.4 is 10.6 Å². The summed E-state index contributed by atoms with van der Waals surface area (Å²) in [6, 6.07) is 13.2. The molecule has 0 saturated carbocycles. The van der Waals surface area contributed by atoms with Crippen LogP contribution >= 0.6 is 0 Å². The normalized spacial score (nSPS) is 15.6. The van der Waals surface area contributed by atoms with Crippen LogP contribution in [0.1, 0.15) is 49.5 Å². The second-order valence-corrected chi connectivity index (χ2v) is 14.4. The second-order valence-electron chi connectivity index (χ2n) is 14.4. The Morgan fingerprint density at radius 1 is 0.823 bits per heavy atom. The first-order chi connectivity index (χ1) is 29.7. The lowest BCUT2D eigenvalue weighted by molar-refractivity contribution is -0.149. The van der Waals surface area contributed by atoms with E-state index in [4.69, 9.17) is 18.9 Å². The number of likely N-dealkylation sites (tertiary alicyclic amines) is 1. The van der Waals surface area contributed by atoms with E-state index in [-0.39, 0.29) is 95.0 Å². The summed E-state index contributed by atoms with van der Waals surface area (Å²) in [5.74, 6) is -3.33. The number of aryl methyl sites for hydroxylation is 1. The number of alkyl halides is 3. The number of hydrogen-bond donors (Lipinski definition) is 2. The number of nitrogens with zero attached hydrogens (tertiary/aromatic N) is 5. The van der Waals surface area contributed by atoms with Gasteiger partial charge in [0.1, 0.15) is 12.6 Å². The van der Waals surface area contributed by atoms with Crippen molar-refractivity contribution >= 4 is 63.1 Å². The average Bonchev–Trinajstić information content (AvgIpc) is 3.85. The Kier molecular flexibility index (Phi) is 13.1. The number of benzene rings is 3. The predicted molar refractivity (Wildman–Crippen MR) is 215 cm³/mol. The molecule has 1 atom stereocenters. The number of ether oxygens (including phenoxy) is 4. The number of halogens is 3. The molecule has 7 rings (SSSR count). The fourth-order valence-electron chi connectivity index (χ4n) is 7.27. The lowest BCUT2D eigenvalue weighted by Crippen LogP contribution is -2.54. The van der Waals surface area contributed by atoms with Gasteiger partial charge in [-0.25, -0.2) is 0 Å². The van der Waals surface area contributed by atoms with Crippen molar-refractivity contribution < 1.29 is 60.9 Å². The van der Waals surface area contributed by atoms with E-state index >= 15 is 0 Å². The van der Waals surface area contributed by atoms with Crippen LogP contribution in [0, 0.1) is 0 Å². The van der Waals surface area contributed by atoms with Crippen molar-refractivity contribution in [2.24, 2.45) is 7.05 Å². The summed E-state index contributed by atoms with van der Waals surface area (Å²) in [6.45, 7) is 1.47. The van der Waals surface area contributed by atoms with E-state index in [1.165, 1.54) is 37.4 Å². The van der Waals surface area contributed by atoms with Gasteiger partial charge in [-0.2, -0.15) is 18.3 Å². The van der Waals surface area contributed by atoms with E-state index < -0.39 is 47.3 Å². The van der Waals surface area contributed by atoms with Gasteiger partial charge in [-0.05, 0) is 61.0 Å². The number of piperidine rings is 1. The molecule has 20 heteroatoms. The summed E-state index contributed by atoms with van der Waals surface area (Å²) < 4.78 is 64.7. The highest BCUT2D eigenvalue weighted by Crippen LogP contribution is 2.35. The molecule has 2 aromatic heterocycles. The molecule has 62 heavy (non-hydrogen) atoms. The third-order valence-electron chi connectivity index (χ3n) is 10.3. The van der Waals surface area contributed by atoms with Gasteiger partial charge in [0.2, 0.25) is 11.8 Å². The van der Waals surface area contributed by atoms with E-state index in [0.29, 0.717) is 22.4 Å². The Morgan fingerprint density at radius 2 is 1.50 bits per heavy atom. The molecule has 1 fully saturated rings. The highest BCUT2D eigenvalue weighted by atomic mass is 19.4. The zero-order valence-electron chi connectivity index (χ0n) is 33.7. The molecular weight excluding hydrogens is 819 g/mol. The summed E-state index contributed by atoms with van der Waals surface area (Å²) in [6.07, 6.45) is -2.63. The topological polar surface area (TPSA) is 193 Å². The van der Waals surface area contributed by atoms with E-state index in [9.17, 15) is 41.9 Å². The summed E-state index contributed by atoms with van der Waals surface area (Å²) in [5.41, 5.74) is 1.49. The van der Waals surface area contributed by atoms with Gasteiger partial charge in [-0.3, -0.25) is 47.8 Å². The van der Waals surface area contributed by atoms with Crippen molar-refractivity contribution in [1.29, 1.82) is 0 Å². The zero-order valence-corrected chi connectivity index (χ0v) is 33.7. The van der Waals surface area contributed by atoms with Crippen molar-refractivity contribution in [1.82, 2.24) is 29.5 Å². The molecule has 17 nitrogen and oxygen atoms in total. The Bertz CT molecular complexity index is 2540. The van der Waals surface area contributed by atoms with E-state index in [0.717, 1.165) is 32.7 Å². The SMILES string of the molecule is CN1C(=O)CCC(N2C(=O)c3cccc(NC(=O)COCCOCCOCCOCCNC(=O)c4ccc5c(c4)c4cn(C)nc4n5-c4ccc(C(F)(F)F)cc4)c3C2=O)C1=O. The van der Waals surface area contributed by atoms with Gasteiger partial charge < -0.3 is 29.6 Å². The Morgan fingerprint density at radius 3 is 2.19 bits per heavy atom. The number of aromatic nitrogens is 3. The fourth-order valence-corrected chi connectivity index (χ4v) is 7.27. The maximum Gasteiger partial charge on any atom is 0.416 e. The van der Waals surface area contributed by atoms with Crippen LogP contribution in [0.4, 0.5) is 18.9 Å². The first-order valence-electron chi connectivity index (χ1n) is 19.6. The standard InChI is InChI=1S/C42H42F3N7O10/c1-49-23-30-29-22-25(6-11-32(29)51(37(30)48-49)27-9-7-26(8-10-27)42(43,44)45)38(55)46-14-15-59-16-17-60-18-19-61-20-21-62-24-34(53)47-31-5-3-4-28-36(31)41(58)52(39(28)56)33-12-13-35(54)50(2)40(33)57/h3-11,22-23,33H,12-21,24H2,1-2H3,(H,46,55)(H,47,53). The molecular formula is C42H42F3N7O10. The summed E-state index contributed by atoms with van der Waals surface area (Å²) in [7, 11) is 3.04. The Hall–Kier alpha value is -6.48. The lowest BCUT2D eigenvalue weighted by Gasteiger charge is -2.32. The molecule has 1 saturated heterocycles. The Balaban J connectivity index is 0.754. The maximum absolute atomic E-state index is 13.3. The average molecular weight is 862 g/mol. The number of rotatable bonds is 18. The van der Waals surface area contributed by atoms with Crippen LogP contribution in [0.2, 0.25) is 0 Å². The molecule has 5 aromatic rings. The van der Waals surface area contributed by atoms with Crippen LogP contribution in [0.5, 0.6) is 0 Å². The van der Waals surface area contributed by atoms with Gasteiger partial charge in [-0.1, -0.05) is 6.07 Å². The van der Waals surface area contributed by atoms with Gasteiger partial charge in [0.05, 0.1) is 74.1 Å². The number of imide groups is 2. The van der Waals surface area contributed by atoms with Crippen molar-refractivity contribution in [3.63, 3.8) is 0 Å². The number of amides is 6. The molecule has 4 heterocycles. The summed E-state index contributed by atoms with van der Waals surface area (Å²) >= 11 is 0. The first-order valence-corrected chi connectivity index (χ1v) is 19.6. The van der Waals surface area contributed by atoms with Crippen molar-refractivity contribution in [3.8, 4) is 5.69 Å². The number of likely N-dealkylation sites (N-methyl/N-ethyl adjacent to an activating group) is 1. The van der Waals surface area contributed by atoms with Gasteiger partial charge in [0.25, 0.3) is 23.6 Å². The van der Waals surface area contributed by atoms with E-state index in [2.05, 4.69) is 15.7 Å². The fraction of sp³-hybridized carbons (Fsp3) is 0.357. The summed E-state index contributed by atoms with van der Waals surface area (Å²) in [5, 5.41) is 11.4. The first kappa shape index (κ1) is 43.6. The highest BCUT2D eigenvalue weighted by Gasteiger charge is 2.47. The molecule has 3 aromatic carbocycles. The third-order valence-corrected chi connectivity index (χ3v) is 10.3.